The number of imide groups is 1. The van der Waals surface area contributed by atoms with Gasteiger partial charge in [0.25, 0.3) is 11.8 Å². The van der Waals surface area contributed by atoms with Crippen molar-refractivity contribution in [2.45, 2.75) is 6.10 Å². The fourth-order valence-electron chi connectivity index (χ4n) is 2.46. The number of para-hydroxylation sites is 1. The van der Waals surface area contributed by atoms with Crippen molar-refractivity contribution in [1.82, 2.24) is 4.90 Å². The van der Waals surface area contributed by atoms with Gasteiger partial charge in [-0.05, 0) is 24.3 Å². The molecule has 1 aliphatic rings. The van der Waals surface area contributed by atoms with E-state index in [1.807, 2.05) is 0 Å². The average molecular weight is 384 g/mol. The number of benzene rings is 2. The molecule has 2 amide bonds. The van der Waals surface area contributed by atoms with E-state index in [0.717, 1.165) is 4.90 Å². The summed E-state index contributed by atoms with van der Waals surface area (Å²) in [5.41, 5.74) is 0.253. The van der Waals surface area contributed by atoms with Crippen molar-refractivity contribution in [3.05, 3.63) is 63.4 Å². The van der Waals surface area contributed by atoms with Crippen LogP contribution in [0, 0.1) is 5.82 Å². The second-order valence-corrected chi connectivity index (χ2v) is 6.24. The van der Waals surface area contributed by atoms with Crippen LogP contribution in [-0.4, -0.2) is 41.1 Å². The molecule has 2 aromatic carbocycles. The molecule has 2 aromatic rings. The van der Waals surface area contributed by atoms with Gasteiger partial charge < -0.3 is 9.84 Å². The molecular formula is C17H12Cl2FNO4. The van der Waals surface area contributed by atoms with Gasteiger partial charge in [0.15, 0.2) is 11.6 Å². The first-order chi connectivity index (χ1) is 11.9. The summed E-state index contributed by atoms with van der Waals surface area (Å²) in [6, 6.07) is 8.37. The largest absolute Gasteiger partial charge is 0.488 e. The number of fused-ring (bicyclic) bond motifs is 1. The first-order valence-electron chi connectivity index (χ1n) is 7.29. The van der Waals surface area contributed by atoms with E-state index in [-0.39, 0.29) is 40.1 Å². The number of aliphatic hydroxyl groups is 1. The molecule has 0 unspecified atom stereocenters. The Kier molecular flexibility index (Phi) is 4.94. The van der Waals surface area contributed by atoms with Crippen LogP contribution in [0.15, 0.2) is 36.4 Å². The van der Waals surface area contributed by atoms with Gasteiger partial charge in [-0.2, -0.15) is 0 Å². The molecule has 0 spiro atoms. The van der Waals surface area contributed by atoms with Crippen molar-refractivity contribution < 1.29 is 23.8 Å². The average Bonchev–Trinajstić information content (AvgIpc) is 2.79. The first kappa shape index (κ1) is 17.7. The van der Waals surface area contributed by atoms with Gasteiger partial charge in [0, 0.05) is 0 Å². The van der Waals surface area contributed by atoms with E-state index in [9.17, 15) is 19.1 Å². The van der Waals surface area contributed by atoms with Crippen molar-refractivity contribution in [3.63, 3.8) is 0 Å². The van der Waals surface area contributed by atoms with Crippen LogP contribution in [0.25, 0.3) is 0 Å². The lowest BCUT2D eigenvalue weighted by molar-refractivity contribution is 0.0452. The Morgan fingerprint density at radius 1 is 1.08 bits per heavy atom. The van der Waals surface area contributed by atoms with Gasteiger partial charge in [0.1, 0.15) is 12.7 Å². The zero-order valence-corrected chi connectivity index (χ0v) is 14.2. The van der Waals surface area contributed by atoms with Crippen LogP contribution in [0.4, 0.5) is 4.39 Å². The fraction of sp³-hybridized carbons (Fsp3) is 0.176. The predicted octanol–water partition coefficient (Wildman–Crippen LogP) is 3.17. The number of β-amino-alcohol motifs (C(OH)–C–C–N with tert-alkyl or cyclic N) is 1. The molecule has 0 saturated heterocycles. The van der Waals surface area contributed by atoms with E-state index >= 15 is 0 Å². The normalized spacial score (nSPS) is 14.6. The van der Waals surface area contributed by atoms with Crippen LogP contribution in [0.5, 0.6) is 5.75 Å². The predicted molar refractivity (Wildman–Crippen MR) is 89.7 cm³/mol. The number of nitrogens with zero attached hydrogens (tertiary/aromatic N) is 1. The first-order valence-corrected chi connectivity index (χ1v) is 8.04. The summed E-state index contributed by atoms with van der Waals surface area (Å²) >= 11 is 11.7. The molecule has 0 bridgehead atoms. The number of aliphatic hydroxyl groups excluding tert-OH is 1. The van der Waals surface area contributed by atoms with E-state index in [1.165, 1.54) is 30.3 Å². The highest BCUT2D eigenvalue weighted by Crippen LogP contribution is 2.31. The third kappa shape index (κ3) is 3.46. The molecule has 1 aliphatic heterocycles. The number of rotatable bonds is 5. The fourth-order valence-corrected chi connectivity index (χ4v) is 2.79. The van der Waals surface area contributed by atoms with Gasteiger partial charge in [-0.15, -0.1) is 0 Å². The lowest BCUT2D eigenvalue weighted by Gasteiger charge is -2.19. The number of carbonyl (C=O) groups is 2. The summed E-state index contributed by atoms with van der Waals surface area (Å²) in [6.07, 6.45) is -1.19. The summed E-state index contributed by atoms with van der Waals surface area (Å²) < 4.78 is 18.7. The van der Waals surface area contributed by atoms with E-state index in [2.05, 4.69) is 0 Å². The molecule has 1 heterocycles. The number of hydrogen-bond donors (Lipinski definition) is 1. The van der Waals surface area contributed by atoms with Crippen LogP contribution < -0.4 is 4.74 Å². The Morgan fingerprint density at radius 2 is 1.64 bits per heavy atom. The maximum Gasteiger partial charge on any atom is 0.261 e. The van der Waals surface area contributed by atoms with Gasteiger partial charge in [0.2, 0.25) is 0 Å². The lowest BCUT2D eigenvalue weighted by Crippen LogP contribution is -2.39. The Hall–Kier alpha value is -2.15. The topological polar surface area (TPSA) is 66.8 Å². The lowest BCUT2D eigenvalue weighted by atomic mass is 10.1. The molecule has 130 valence electrons. The highest BCUT2D eigenvalue weighted by Gasteiger charge is 2.37. The van der Waals surface area contributed by atoms with Gasteiger partial charge in [-0.3, -0.25) is 14.5 Å². The van der Waals surface area contributed by atoms with Crippen LogP contribution in [0.1, 0.15) is 20.7 Å². The number of amides is 2. The van der Waals surface area contributed by atoms with Crippen LogP contribution in [0.3, 0.4) is 0 Å². The molecular weight excluding hydrogens is 372 g/mol. The van der Waals surface area contributed by atoms with Crippen molar-refractivity contribution >= 4 is 35.0 Å². The molecule has 0 fully saturated rings. The van der Waals surface area contributed by atoms with Crippen LogP contribution in [0.2, 0.25) is 10.0 Å². The van der Waals surface area contributed by atoms with Gasteiger partial charge >= 0.3 is 0 Å². The summed E-state index contributed by atoms with van der Waals surface area (Å²) in [5.74, 6) is -1.76. The second-order valence-electron chi connectivity index (χ2n) is 5.43. The zero-order valence-electron chi connectivity index (χ0n) is 12.7. The summed E-state index contributed by atoms with van der Waals surface area (Å²) in [4.78, 5) is 25.5. The van der Waals surface area contributed by atoms with Crippen LogP contribution >= 0.6 is 23.2 Å². The summed E-state index contributed by atoms with van der Waals surface area (Å²) in [6.45, 7) is -0.577. The van der Waals surface area contributed by atoms with Gasteiger partial charge in [-0.25, -0.2) is 4.39 Å². The van der Waals surface area contributed by atoms with Crippen molar-refractivity contribution in [2.75, 3.05) is 13.2 Å². The van der Waals surface area contributed by atoms with Crippen molar-refractivity contribution in [2.24, 2.45) is 0 Å². The Labute approximate surface area is 152 Å². The molecule has 1 N–H and O–H groups in total. The molecule has 0 aliphatic carbocycles. The number of carbonyl (C=O) groups excluding carboxylic acids is 2. The molecule has 25 heavy (non-hydrogen) atoms. The minimum absolute atomic E-state index is 0.0255. The monoisotopic (exact) mass is 383 g/mol. The molecule has 0 radical (unpaired) electrons. The molecule has 0 saturated carbocycles. The third-order valence-corrected chi connectivity index (χ3v) is 4.39. The maximum absolute atomic E-state index is 13.5. The Balaban J connectivity index is 1.68. The minimum Gasteiger partial charge on any atom is -0.488 e. The molecule has 5 nitrogen and oxygen atoms in total. The van der Waals surface area contributed by atoms with E-state index in [4.69, 9.17) is 27.9 Å². The highest BCUT2D eigenvalue weighted by molar-refractivity contribution is 6.43. The zero-order chi connectivity index (χ0) is 18.1. The molecule has 3 rings (SSSR count). The Bertz CT molecular complexity index is 818. The van der Waals surface area contributed by atoms with Crippen molar-refractivity contribution in [1.29, 1.82) is 0 Å². The van der Waals surface area contributed by atoms with Crippen molar-refractivity contribution in [3.8, 4) is 5.75 Å². The molecule has 8 heteroatoms. The minimum atomic E-state index is -1.19. The van der Waals surface area contributed by atoms with E-state index in [0.29, 0.717) is 0 Å². The number of ether oxygens (including phenoxy) is 1. The maximum atomic E-state index is 13.5. The third-order valence-electron chi connectivity index (χ3n) is 3.67. The summed E-state index contributed by atoms with van der Waals surface area (Å²) in [5, 5.41) is 10.4. The van der Waals surface area contributed by atoms with E-state index in [1.54, 1.807) is 6.07 Å². The smallest absolute Gasteiger partial charge is 0.261 e. The number of hydrogen-bond acceptors (Lipinski definition) is 4. The number of halogens is 3. The second kappa shape index (κ2) is 7.00. The van der Waals surface area contributed by atoms with Gasteiger partial charge in [0.05, 0.1) is 27.7 Å². The van der Waals surface area contributed by atoms with Gasteiger partial charge in [-0.1, -0.05) is 35.3 Å². The van der Waals surface area contributed by atoms with Crippen LogP contribution in [-0.2, 0) is 0 Å². The highest BCUT2D eigenvalue weighted by atomic mass is 35.5. The Morgan fingerprint density at radius 3 is 2.20 bits per heavy atom. The standard InChI is InChI=1S/C17H12Cl2FNO4/c18-12-5-10-11(6-13(12)19)17(24)21(16(10)23)7-9(22)8-25-15-4-2-1-3-14(15)20/h1-6,9,22H,7-8H2/t9-/m0/s1. The molecule has 0 aromatic heterocycles. The van der Waals surface area contributed by atoms with E-state index < -0.39 is 23.7 Å². The SMILES string of the molecule is O=C1c2cc(Cl)c(Cl)cc2C(=O)N1C[C@H](O)COc1ccccc1F. The molecule has 1 atom stereocenters. The quantitative estimate of drug-likeness (QED) is 0.805. The summed E-state index contributed by atoms with van der Waals surface area (Å²) in [7, 11) is 0.